The van der Waals surface area contributed by atoms with Crippen molar-refractivity contribution in [3.8, 4) is 0 Å². The fourth-order valence-electron chi connectivity index (χ4n) is 3.60. The summed E-state index contributed by atoms with van der Waals surface area (Å²) in [5.41, 5.74) is 3.31. The molecule has 37 heavy (non-hydrogen) atoms. The molecular weight excluding hydrogens is 531 g/mol. The van der Waals surface area contributed by atoms with E-state index >= 15 is 0 Å². The first-order valence-corrected chi connectivity index (χ1v) is 14.9. The lowest BCUT2D eigenvalue weighted by atomic mass is 10.1. The average molecular weight is 556 g/mol. The van der Waals surface area contributed by atoms with Gasteiger partial charge in [0.1, 0.15) is 4.21 Å². The van der Waals surface area contributed by atoms with Crippen molar-refractivity contribution in [2.75, 3.05) is 21.4 Å². The van der Waals surface area contributed by atoms with Crippen LogP contribution in [0.4, 0.5) is 17.1 Å². The lowest BCUT2D eigenvalue weighted by Crippen LogP contribution is -2.25. The van der Waals surface area contributed by atoms with Crippen LogP contribution in [0.3, 0.4) is 0 Å². The zero-order valence-electron chi connectivity index (χ0n) is 20.3. The van der Waals surface area contributed by atoms with Gasteiger partial charge < -0.3 is 5.32 Å². The number of carbonyl (C=O) groups is 1. The minimum absolute atomic E-state index is 0.0625. The van der Waals surface area contributed by atoms with E-state index in [4.69, 9.17) is 0 Å². The van der Waals surface area contributed by atoms with Crippen LogP contribution < -0.4 is 14.3 Å². The van der Waals surface area contributed by atoms with Crippen LogP contribution in [-0.4, -0.2) is 29.8 Å². The van der Waals surface area contributed by atoms with Crippen molar-refractivity contribution in [3.63, 3.8) is 0 Å². The molecule has 0 aliphatic heterocycles. The minimum Gasteiger partial charge on any atom is -0.322 e. The van der Waals surface area contributed by atoms with Crippen molar-refractivity contribution in [1.29, 1.82) is 0 Å². The molecule has 11 heteroatoms. The molecule has 4 aromatic rings. The molecule has 0 saturated carbocycles. The van der Waals surface area contributed by atoms with Gasteiger partial charge in [0.05, 0.1) is 16.3 Å². The van der Waals surface area contributed by atoms with E-state index in [0.29, 0.717) is 22.6 Å². The van der Waals surface area contributed by atoms with E-state index in [2.05, 4.69) is 10.0 Å². The summed E-state index contributed by atoms with van der Waals surface area (Å²) in [4.78, 5) is 12.8. The van der Waals surface area contributed by atoms with Crippen molar-refractivity contribution >= 4 is 54.4 Å². The third-order valence-corrected chi connectivity index (χ3v) is 10.3. The van der Waals surface area contributed by atoms with Gasteiger partial charge in [-0.05, 0) is 85.0 Å². The Labute approximate surface area is 220 Å². The van der Waals surface area contributed by atoms with E-state index in [9.17, 15) is 21.6 Å². The van der Waals surface area contributed by atoms with Crippen LogP contribution in [0.2, 0.25) is 0 Å². The Bertz CT molecular complexity index is 1610. The molecule has 0 saturated heterocycles. The summed E-state index contributed by atoms with van der Waals surface area (Å²) < 4.78 is 55.1. The number of carbonyl (C=O) groups excluding carboxylic acids is 1. The summed E-state index contributed by atoms with van der Waals surface area (Å²) in [5.74, 6) is -0.417. The van der Waals surface area contributed by atoms with Gasteiger partial charge in [-0.1, -0.05) is 24.3 Å². The smallest absolute Gasteiger partial charge is 0.273 e. The molecule has 0 fully saturated rings. The third kappa shape index (κ3) is 5.68. The van der Waals surface area contributed by atoms with Crippen molar-refractivity contribution in [2.45, 2.75) is 23.0 Å². The summed E-state index contributed by atoms with van der Waals surface area (Å²) in [6.45, 7) is 3.66. The van der Waals surface area contributed by atoms with E-state index in [1.165, 1.54) is 49.5 Å². The SMILES string of the molecule is Cc1cccc(C)c1NS(=O)(=O)c1ccc(NC(=O)c2ccc(N(C)S(=O)(=O)c3cccs3)cc2)cc1. The van der Waals surface area contributed by atoms with E-state index in [1.807, 2.05) is 32.0 Å². The normalized spacial score (nSPS) is 11.6. The standard InChI is InChI=1S/C26H25N3O5S3/c1-18-6-4-7-19(2)25(18)28-36(31,32)23-15-11-21(12-16-23)27-26(30)20-9-13-22(14-10-20)29(3)37(33,34)24-8-5-17-35-24/h4-17,28H,1-3H3,(H,27,30). The van der Waals surface area contributed by atoms with Crippen LogP contribution in [0.25, 0.3) is 0 Å². The molecule has 2 N–H and O–H groups in total. The van der Waals surface area contributed by atoms with E-state index < -0.39 is 26.0 Å². The number of anilines is 3. The predicted molar refractivity (Wildman–Crippen MR) is 147 cm³/mol. The van der Waals surface area contributed by atoms with Crippen LogP contribution >= 0.6 is 11.3 Å². The molecule has 0 spiro atoms. The summed E-state index contributed by atoms with van der Waals surface area (Å²) in [6, 6.07) is 20.7. The van der Waals surface area contributed by atoms with Gasteiger partial charge in [-0.15, -0.1) is 11.3 Å². The number of hydrogen-bond donors (Lipinski definition) is 2. The monoisotopic (exact) mass is 555 g/mol. The molecule has 0 aliphatic rings. The number of amides is 1. The van der Waals surface area contributed by atoms with Crippen LogP contribution in [0.15, 0.2) is 93.3 Å². The zero-order chi connectivity index (χ0) is 26.8. The number of hydrogen-bond acceptors (Lipinski definition) is 6. The maximum absolute atomic E-state index is 12.8. The van der Waals surface area contributed by atoms with Gasteiger partial charge in [0, 0.05) is 18.3 Å². The molecule has 0 aliphatic carbocycles. The topological polar surface area (TPSA) is 113 Å². The van der Waals surface area contributed by atoms with Gasteiger partial charge in [-0.3, -0.25) is 13.8 Å². The van der Waals surface area contributed by atoms with Gasteiger partial charge in [-0.2, -0.15) is 0 Å². The van der Waals surface area contributed by atoms with Crippen LogP contribution in [0.1, 0.15) is 21.5 Å². The third-order valence-electron chi connectivity index (χ3n) is 5.74. The second-order valence-corrected chi connectivity index (χ2v) is 13.1. The summed E-state index contributed by atoms with van der Waals surface area (Å²) in [6.07, 6.45) is 0. The second-order valence-electron chi connectivity index (χ2n) is 8.30. The lowest BCUT2D eigenvalue weighted by Gasteiger charge is -2.18. The Kier molecular flexibility index (Phi) is 7.39. The summed E-state index contributed by atoms with van der Waals surface area (Å²) >= 11 is 1.13. The summed E-state index contributed by atoms with van der Waals surface area (Å²) in [7, 11) is -6.03. The molecule has 8 nitrogen and oxygen atoms in total. The maximum Gasteiger partial charge on any atom is 0.273 e. The summed E-state index contributed by atoms with van der Waals surface area (Å²) in [5, 5.41) is 4.41. The predicted octanol–water partition coefficient (Wildman–Crippen LogP) is 5.24. The number of nitrogens with one attached hydrogen (secondary N) is 2. The zero-order valence-corrected chi connectivity index (χ0v) is 22.7. The molecule has 0 bridgehead atoms. The van der Waals surface area contributed by atoms with Crippen molar-refractivity contribution in [3.05, 3.63) is 101 Å². The molecule has 1 aromatic heterocycles. The van der Waals surface area contributed by atoms with Crippen LogP contribution in [-0.2, 0) is 20.0 Å². The Morgan fingerprint density at radius 1 is 0.811 bits per heavy atom. The molecule has 3 aromatic carbocycles. The Hall–Kier alpha value is -3.67. The maximum atomic E-state index is 12.8. The van der Waals surface area contributed by atoms with Gasteiger partial charge in [-0.25, -0.2) is 16.8 Å². The first-order valence-electron chi connectivity index (χ1n) is 11.1. The van der Waals surface area contributed by atoms with Crippen LogP contribution in [0.5, 0.6) is 0 Å². The first-order chi connectivity index (χ1) is 17.5. The van der Waals surface area contributed by atoms with E-state index in [1.54, 1.807) is 23.6 Å². The highest BCUT2D eigenvalue weighted by Gasteiger charge is 2.22. The fourth-order valence-corrected chi connectivity index (χ4v) is 7.16. The highest BCUT2D eigenvalue weighted by atomic mass is 32.2. The average Bonchev–Trinajstić information content (AvgIpc) is 3.42. The Morgan fingerprint density at radius 3 is 2.00 bits per heavy atom. The number of nitrogens with zero attached hydrogens (tertiary/aromatic N) is 1. The van der Waals surface area contributed by atoms with Gasteiger partial charge in [0.15, 0.2) is 0 Å². The highest BCUT2D eigenvalue weighted by molar-refractivity contribution is 7.94. The molecular formula is C26H25N3O5S3. The molecule has 1 amide bonds. The van der Waals surface area contributed by atoms with Gasteiger partial charge >= 0.3 is 0 Å². The number of rotatable bonds is 8. The van der Waals surface area contributed by atoms with Crippen molar-refractivity contribution in [1.82, 2.24) is 0 Å². The van der Waals surface area contributed by atoms with Crippen molar-refractivity contribution in [2.24, 2.45) is 0 Å². The second kappa shape index (κ2) is 10.4. The number of sulfonamides is 2. The minimum atomic E-state index is -3.81. The molecule has 0 unspecified atom stereocenters. The van der Waals surface area contributed by atoms with E-state index in [-0.39, 0.29) is 9.10 Å². The lowest BCUT2D eigenvalue weighted by molar-refractivity contribution is 0.102. The molecule has 4 rings (SSSR count). The highest BCUT2D eigenvalue weighted by Crippen LogP contribution is 2.26. The molecule has 192 valence electrons. The largest absolute Gasteiger partial charge is 0.322 e. The number of aryl methyl sites for hydroxylation is 2. The number of para-hydroxylation sites is 1. The molecule has 1 heterocycles. The van der Waals surface area contributed by atoms with Crippen molar-refractivity contribution < 1.29 is 21.6 Å². The van der Waals surface area contributed by atoms with Crippen LogP contribution in [0, 0.1) is 13.8 Å². The quantitative estimate of drug-likeness (QED) is 0.309. The Balaban J connectivity index is 1.44. The Morgan fingerprint density at radius 2 is 1.43 bits per heavy atom. The fraction of sp³-hybridized carbons (Fsp3) is 0.115. The molecule has 0 atom stereocenters. The first kappa shape index (κ1) is 26.4. The number of thiophene rings is 1. The number of benzene rings is 3. The van der Waals surface area contributed by atoms with Gasteiger partial charge in [0.25, 0.3) is 26.0 Å². The molecule has 0 radical (unpaired) electrons. The van der Waals surface area contributed by atoms with Gasteiger partial charge in [0.2, 0.25) is 0 Å². The van der Waals surface area contributed by atoms with E-state index in [0.717, 1.165) is 26.8 Å².